The van der Waals surface area contributed by atoms with Gasteiger partial charge in [-0.25, -0.2) is 4.79 Å². The highest BCUT2D eigenvalue weighted by Gasteiger charge is 2.21. The van der Waals surface area contributed by atoms with Crippen LogP contribution in [0.2, 0.25) is 0 Å². The first-order chi connectivity index (χ1) is 5.49. The molecular formula is C6H10N2O4. The van der Waals surface area contributed by atoms with E-state index < -0.39 is 24.0 Å². The Bertz CT molecular complexity index is 204. The van der Waals surface area contributed by atoms with E-state index >= 15 is 0 Å². The van der Waals surface area contributed by atoms with Gasteiger partial charge in [0.15, 0.2) is 6.04 Å². The number of carbonyl (C=O) groups is 3. The Hall–Kier alpha value is -1.43. The molecule has 68 valence electrons. The van der Waals surface area contributed by atoms with Gasteiger partial charge in [0.05, 0.1) is 6.04 Å². The van der Waals surface area contributed by atoms with Gasteiger partial charge in [-0.15, -0.1) is 0 Å². The van der Waals surface area contributed by atoms with Crippen molar-refractivity contribution in [3.8, 4) is 0 Å². The maximum absolute atomic E-state index is 10.8. The Kier molecular flexibility index (Phi) is 3.92. The summed E-state index contributed by atoms with van der Waals surface area (Å²) in [6.45, 7) is 1.42. The number of aldehydes is 1. The fraction of sp³-hybridized carbons (Fsp3) is 0.500. The molecule has 2 atom stereocenters. The van der Waals surface area contributed by atoms with Crippen molar-refractivity contribution in [3.63, 3.8) is 0 Å². The number of nitrogens with two attached hydrogens (primary N) is 1. The maximum atomic E-state index is 10.8. The molecule has 0 aliphatic carbocycles. The van der Waals surface area contributed by atoms with Gasteiger partial charge < -0.3 is 21.0 Å². The molecule has 0 aliphatic heterocycles. The van der Waals surface area contributed by atoms with Crippen LogP contribution >= 0.6 is 0 Å². The Labute approximate surface area is 68.7 Å². The molecule has 0 bridgehead atoms. The van der Waals surface area contributed by atoms with E-state index in [2.05, 4.69) is 5.32 Å². The number of carbonyl (C=O) groups excluding carboxylic acids is 2. The van der Waals surface area contributed by atoms with Gasteiger partial charge in [-0.2, -0.15) is 0 Å². The third kappa shape index (κ3) is 3.11. The Morgan fingerprint density at radius 2 is 2.08 bits per heavy atom. The quantitative estimate of drug-likeness (QED) is 0.340. The maximum Gasteiger partial charge on any atom is 0.330 e. The smallest absolute Gasteiger partial charge is 0.330 e. The molecule has 0 unspecified atom stereocenters. The van der Waals surface area contributed by atoms with Crippen LogP contribution in [0.15, 0.2) is 0 Å². The molecule has 4 N–H and O–H groups in total. The summed E-state index contributed by atoms with van der Waals surface area (Å²) >= 11 is 0. The normalized spacial score (nSPS) is 14.5. The number of nitrogens with one attached hydrogen (secondary N) is 1. The van der Waals surface area contributed by atoms with Crippen molar-refractivity contribution < 1.29 is 19.5 Å². The van der Waals surface area contributed by atoms with Gasteiger partial charge in [-0.1, -0.05) is 0 Å². The number of carboxylic acid groups (broad SMARTS) is 1. The van der Waals surface area contributed by atoms with Crippen molar-refractivity contribution in [1.29, 1.82) is 0 Å². The van der Waals surface area contributed by atoms with Gasteiger partial charge in [-0.3, -0.25) is 4.79 Å². The minimum Gasteiger partial charge on any atom is -0.480 e. The molecule has 12 heavy (non-hydrogen) atoms. The van der Waals surface area contributed by atoms with Crippen molar-refractivity contribution in [2.24, 2.45) is 5.73 Å². The van der Waals surface area contributed by atoms with E-state index in [-0.39, 0.29) is 0 Å². The van der Waals surface area contributed by atoms with Gasteiger partial charge in [0.1, 0.15) is 6.29 Å². The van der Waals surface area contributed by atoms with Crippen LogP contribution in [0.1, 0.15) is 6.92 Å². The molecule has 0 aliphatic rings. The molecular weight excluding hydrogens is 164 g/mol. The molecule has 0 saturated heterocycles. The van der Waals surface area contributed by atoms with E-state index in [9.17, 15) is 14.4 Å². The summed E-state index contributed by atoms with van der Waals surface area (Å²) in [5.41, 5.74) is 4.94. The zero-order chi connectivity index (χ0) is 9.72. The largest absolute Gasteiger partial charge is 0.480 e. The predicted octanol–water partition coefficient (Wildman–Crippen LogP) is -1.90. The van der Waals surface area contributed by atoms with Gasteiger partial charge in [0.2, 0.25) is 5.91 Å². The molecule has 0 saturated carbocycles. The van der Waals surface area contributed by atoms with E-state index in [1.165, 1.54) is 6.92 Å². The molecule has 6 heteroatoms. The fourth-order valence-corrected chi connectivity index (χ4v) is 0.460. The first kappa shape index (κ1) is 10.6. The molecule has 0 radical (unpaired) electrons. The minimum atomic E-state index is -1.62. The summed E-state index contributed by atoms with van der Waals surface area (Å²) in [5.74, 6) is -2.30. The molecule has 6 nitrogen and oxygen atoms in total. The highest BCUT2D eigenvalue weighted by atomic mass is 16.4. The molecule has 0 spiro atoms. The molecule has 0 heterocycles. The van der Waals surface area contributed by atoms with Crippen LogP contribution in [0.5, 0.6) is 0 Å². The first-order valence-corrected chi connectivity index (χ1v) is 3.23. The fourth-order valence-electron chi connectivity index (χ4n) is 0.460. The van der Waals surface area contributed by atoms with Gasteiger partial charge in [0, 0.05) is 0 Å². The lowest BCUT2D eigenvalue weighted by Crippen LogP contribution is -2.49. The van der Waals surface area contributed by atoms with Crippen LogP contribution in [-0.4, -0.2) is 35.4 Å². The summed E-state index contributed by atoms with van der Waals surface area (Å²) in [6, 6.07) is -2.34. The van der Waals surface area contributed by atoms with Gasteiger partial charge in [-0.05, 0) is 6.92 Å². The first-order valence-electron chi connectivity index (χ1n) is 3.23. The lowest BCUT2D eigenvalue weighted by atomic mass is 10.2. The summed E-state index contributed by atoms with van der Waals surface area (Å²) < 4.78 is 0. The Balaban J connectivity index is 4.04. The third-order valence-electron chi connectivity index (χ3n) is 1.12. The van der Waals surface area contributed by atoms with Gasteiger partial charge in [0.25, 0.3) is 0 Å². The monoisotopic (exact) mass is 174 g/mol. The van der Waals surface area contributed by atoms with Crippen LogP contribution in [0.4, 0.5) is 0 Å². The van der Waals surface area contributed by atoms with Crippen molar-refractivity contribution in [1.82, 2.24) is 5.32 Å². The lowest BCUT2D eigenvalue weighted by Gasteiger charge is -2.09. The van der Waals surface area contributed by atoms with E-state index in [1.54, 1.807) is 0 Å². The van der Waals surface area contributed by atoms with Crippen molar-refractivity contribution in [2.45, 2.75) is 19.0 Å². The average Bonchev–Trinajstić information content (AvgIpc) is 2.02. The van der Waals surface area contributed by atoms with Crippen LogP contribution in [0, 0.1) is 0 Å². The van der Waals surface area contributed by atoms with Crippen LogP contribution in [0.3, 0.4) is 0 Å². The topological polar surface area (TPSA) is 109 Å². The minimum absolute atomic E-state index is 0.479. The van der Waals surface area contributed by atoms with E-state index in [4.69, 9.17) is 10.8 Å². The Morgan fingerprint density at radius 3 is 2.42 bits per heavy atom. The number of carboxylic acids is 1. The van der Waals surface area contributed by atoms with Crippen LogP contribution in [-0.2, 0) is 14.4 Å². The molecule has 0 rings (SSSR count). The molecule has 0 aromatic carbocycles. The second-order valence-electron chi connectivity index (χ2n) is 2.25. The molecule has 1 amide bonds. The third-order valence-corrected chi connectivity index (χ3v) is 1.12. The number of rotatable bonds is 4. The molecule has 0 aromatic rings. The standard InChI is InChI=1S/C6H10N2O4/c1-3(2-9)8-5(10)4(7)6(11)12/h2-4H,7H2,1H3,(H,8,10)(H,11,12)/t3-,4+/m1/s1. The summed E-state index contributed by atoms with van der Waals surface area (Å²) in [7, 11) is 0. The molecule has 0 aromatic heterocycles. The zero-order valence-corrected chi connectivity index (χ0v) is 6.48. The Morgan fingerprint density at radius 1 is 1.58 bits per heavy atom. The van der Waals surface area contributed by atoms with Crippen molar-refractivity contribution in [3.05, 3.63) is 0 Å². The van der Waals surface area contributed by atoms with E-state index in [0.717, 1.165) is 0 Å². The number of aliphatic carboxylic acids is 1. The summed E-state index contributed by atoms with van der Waals surface area (Å²) in [5, 5.41) is 10.4. The average molecular weight is 174 g/mol. The number of hydrogen-bond acceptors (Lipinski definition) is 4. The number of hydrogen-bond donors (Lipinski definition) is 3. The number of amides is 1. The predicted molar refractivity (Wildman–Crippen MR) is 39.3 cm³/mol. The second kappa shape index (κ2) is 4.45. The zero-order valence-electron chi connectivity index (χ0n) is 6.48. The highest BCUT2D eigenvalue weighted by molar-refractivity contribution is 6.01. The van der Waals surface area contributed by atoms with Crippen LogP contribution < -0.4 is 11.1 Å². The summed E-state index contributed by atoms with van der Waals surface area (Å²) in [6.07, 6.45) is 0.479. The van der Waals surface area contributed by atoms with E-state index in [1.807, 2.05) is 0 Å². The van der Waals surface area contributed by atoms with Gasteiger partial charge >= 0.3 is 5.97 Å². The lowest BCUT2D eigenvalue weighted by molar-refractivity contribution is -0.143. The van der Waals surface area contributed by atoms with E-state index in [0.29, 0.717) is 6.29 Å². The summed E-state index contributed by atoms with van der Waals surface area (Å²) in [4.78, 5) is 30.9. The SMILES string of the molecule is C[C@H](C=O)NC(=O)[C@H](N)C(=O)O. The second-order valence-corrected chi connectivity index (χ2v) is 2.25. The van der Waals surface area contributed by atoms with Crippen LogP contribution in [0.25, 0.3) is 0 Å². The van der Waals surface area contributed by atoms with Crippen molar-refractivity contribution in [2.75, 3.05) is 0 Å². The van der Waals surface area contributed by atoms with Crippen molar-refractivity contribution >= 4 is 18.2 Å². The molecule has 0 fully saturated rings. The highest BCUT2D eigenvalue weighted by Crippen LogP contribution is 1.81.